The van der Waals surface area contributed by atoms with Crippen LogP contribution < -0.4 is 0 Å². The van der Waals surface area contributed by atoms with Crippen LogP contribution in [0.4, 0.5) is 0 Å². The predicted octanol–water partition coefficient (Wildman–Crippen LogP) is 0.106. The SMILES string of the molecule is P.P.[Mo].[Mo].[S-][S-]. The molecule has 2 atom stereocenters. The van der Waals surface area contributed by atoms with Crippen molar-refractivity contribution in [1.29, 1.82) is 0 Å². The number of hydrogen-bond donors (Lipinski definition) is 0. The molecule has 0 amide bonds. The van der Waals surface area contributed by atoms with Crippen LogP contribution in [-0.2, 0) is 65.5 Å². The zero-order valence-electron chi connectivity index (χ0n) is 3.05. The van der Waals surface area contributed by atoms with Gasteiger partial charge in [-0.25, -0.2) is 0 Å². The summed E-state index contributed by atoms with van der Waals surface area (Å²) in [7, 11) is 0. The molecule has 2 unspecified atom stereocenters. The third kappa shape index (κ3) is 28.3. The van der Waals surface area contributed by atoms with Crippen LogP contribution in [0.3, 0.4) is 0 Å². The second-order valence-corrected chi connectivity index (χ2v) is 0. The molecule has 0 rings (SSSR count). The number of hydrogen-bond acceptors (Lipinski definition) is 2. The van der Waals surface area contributed by atoms with Gasteiger partial charge in [-0.3, -0.25) is 0 Å². The number of rotatable bonds is 0. The van der Waals surface area contributed by atoms with Gasteiger partial charge < -0.3 is 23.3 Å². The van der Waals surface area contributed by atoms with Gasteiger partial charge in [-0.2, -0.15) is 19.8 Å². The first-order valence-corrected chi connectivity index (χ1v) is 1.50. The summed E-state index contributed by atoms with van der Waals surface area (Å²) in [6.45, 7) is 0. The van der Waals surface area contributed by atoms with Gasteiger partial charge in [0.2, 0.25) is 0 Å². The topological polar surface area (TPSA) is 0 Å². The fourth-order valence-corrected chi connectivity index (χ4v) is 0. The molecule has 6 heteroatoms. The van der Waals surface area contributed by atoms with E-state index < -0.39 is 0 Å². The molecule has 0 heterocycles. The standard InChI is InChI=1S/2Mo.2H3P.S2/c;;;;1-2/h;;2*1H3;/q;;;;-2. The molecule has 0 radical (unpaired) electrons. The summed E-state index contributed by atoms with van der Waals surface area (Å²) in [6, 6.07) is 0. The van der Waals surface area contributed by atoms with Crippen LogP contribution in [0.15, 0.2) is 0 Å². The molecule has 0 fully saturated rings. The molecule has 0 N–H and O–H groups in total. The Morgan fingerprint density at radius 2 is 0.667 bits per heavy atom. The molecule has 0 aliphatic carbocycles. The van der Waals surface area contributed by atoms with E-state index in [1.807, 2.05) is 0 Å². The minimum absolute atomic E-state index is 0. The summed E-state index contributed by atoms with van der Waals surface area (Å²) >= 11 is 7.33. The molecule has 42 valence electrons. The molecular formula is H6Mo2P2S2-2. The van der Waals surface area contributed by atoms with E-state index in [-0.39, 0.29) is 61.9 Å². The van der Waals surface area contributed by atoms with Crippen LogP contribution in [0.5, 0.6) is 0 Å². The van der Waals surface area contributed by atoms with Crippen LogP contribution >= 0.6 is 19.8 Å². The van der Waals surface area contributed by atoms with Gasteiger partial charge in [0, 0.05) is 42.1 Å². The van der Waals surface area contributed by atoms with Crippen LogP contribution in [0.1, 0.15) is 0 Å². The minimum atomic E-state index is 0. The van der Waals surface area contributed by atoms with Crippen molar-refractivity contribution in [2.45, 2.75) is 0 Å². The van der Waals surface area contributed by atoms with Gasteiger partial charge in [0.15, 0.2) is 0 Å². The molecular weight excluding hydrogens is 318 g/mol. The van der Waals surface area contributed by atoms with E-state index >= 15 is 0 Å². The van der Waals surface area contributed by atoms with E-state index in [0.29, 0.717) is 0 Å². The Labute approximate surface area is 84.4 Å². The smallest absolute Gasteiger partial charge is 0 e. The molecule has 0 spiro atoms. The van der Waals surface area contributed by atoms with Crippen LogP contribution in [0, 0.1) is 0 Å². The quantitative estimate of drug-likeness (QED) is 0.268. The Morgan fingerprint density at radius 3 is 0.667 bits per heavy atom. The van der Waals surface area contributed by atoms with E-state index in [9.17, 15) is 0 Å². The molecule has 0 saturated heterocycles. The van der Waals surface area contributed by atoms with Crippen molar-refractivity contribution < 1.29 is 42.1 Å². The fraction of sp³-hybridized carbons (Fsp3) is 0. The first-order valence-electron chi connectivity index (χ1n) is 0.167. The Kier molecular flexibility index (Phi) is 268. The van der Waals surface area contributed by atoms with Gasteiger partial charge in [-0.05, 0) is 0 Å². The largest absolute Gasteiger partial charge is 1.00 e. The van der Waals surface area contributed by atoms with E-state index in [1.54, 1.807) is 0 Å². The van der Waals surface area contributed by atoms with Crippen molar-refractivity contribution in [2.24, 2.45) is 0 Å². The third-order valence-electron chi connectivity index (χ3n) is 0. The molecule has 0 aromatic heterocycles. The molecule has 0 nitrogen and oxygen atoms in total. The van der Waals surface area contributed by atoms with Gasteiger partial charge in [0.05, 0.1) is 0 Å². The fourth-order valence-electron chi connectivity index (χ4n) is 0. The molecule has 0 aliphatic heterocycles. The van der Waals surface area contributed by atoms with Crippen molar-refractivity contribution in [3.05, 3.63) is 0 Å². The summed E-state index contributed by atoms with van der Waals surface area (Å²) in [4.78, 5) is 0. The average molecular weight is 324 g/mol. The molecule has 0 aliphatic rings. The molecule has 0 aromatic carbocycles. The zero-order chi connectivity index (χ0) is 2.00. The van der Waals surface area contributed by atoms with Gasteiger partial charge in [0.1, 0.15) is 0 Å². The molecule has 0 bridgehead atoms. The maximum absolute atomic E-state index is 3.67. The average Bonchev–Trinajstić information content (AvgIpc) is 1.00. The minimum Gasteiger partial charge on any atom is -1.00 e. The summed E-state index contributed by atoms with van der Waals surface area (Å²) in [5, 5.41) is 0. The van der Waals surface area contributed by atoms with Crippen molar-refractivity contribution in [1.82, 2.24) is 0 Å². The Bertz CT molecular complexity index is 9.51. The Balaban J connectivity index is -0.000000000833. The monoisotopic (exact) mass is 328 g/mol. The zero-order valence-corrected chi connectivity index (χ0v) is 11.5. The first kappa shape index (κ1) is 36.3. The van der Waals surface area contributed by atoms with E-state index in [4.69, 9.17) is 0 Å². The van der Waals surface area contributed by atoms with Crippen molar-refractivity contribution in [2.75, 3.05) is 0 Å². The van der Waals surface area contributed by atoms with Crippen molar-refractivity contribution >= 4 is 43.1 Å². The second-order valence-electron chi connectivity index (χ2n) is 0. The maximum atomic E-state index is 3.67. The molecule has 6 heavy (non-hydrogen) atoms. The van der Waals surface area contributed by atoms with Crippen LogP contribution in [-0.4, -0.2) is 0 Å². The van der Waals surface area contributed by atoms with E-state index in [2.05, 4.69) is 23.3 Å². The summed E-state index contributed by atoms with van der Waals surface area (Å²) in [5.74, 6) is 0. The molecule has 0 aromatic rings. The molecule has 0 saturated carbocycles. The van der Waals surface area contributed by atoms with E-state index in [0.717, 1.165) is 0 Å². The maximum Gasteiger partial charge on any atom is 0 e. The predicted molar refractivity (Wildman–Crippen MR) is 36.9 cm³/mol. The second kappa shape index (κ2) is 44.3. The van der Waals surface area contributed by atoms with Crippen molar-refractivity contribution in [3.63, 3.8) is 0 Å². The van der Waals surface area contributed by atoms with Gasteiger partial charge in [-0.15, -0.1) is 0 Å². The van der Waals surface area contributed by atoms with Crippen LogP contribution in [0.2, 0.25) is 0 Å². The van der Waals surface area contributed by atoms with Gasteiger partial charge >= 0.3 is 0 Å². The van der Waals surface area contributed by atoms with Gasteiger partial charge in [0.25, 0.3) is 0 Å². The summed E-state index contributed by atoms with van der Waals surface area (Å²) in [5.41, 5.74) is 0. The summed E-state index contributed by atoms with van der Waals surface area (Å²) < 4.78 is 0. The summed E-state index contributed by atoms with van der Waals surface area (Å²) in [6.07, 6.45) is 0. The van der Waals surface area contributed by atoms with E-state index in [1.165, 1.54) is 0 Å². The van der Waals surface area contributed by atoms with Crippen molar-refractivity contribution in [3.8, 4) is 0 Å². The Morgan fingerprint density at radius 1 is 0.667 bits per heavy atom. The normalized spacial score (nSPS) is 1.00. The Hall–Kier alpha value is 2.94. The van der Waals surface area contributed by atoms with Gasteiger partial charge in [-0.1, -0.05) is 0 Å². The first-order chi connectivity index (χ1) is 1.00. The third-order valence-corrected chi connectivity index (χ3v) is 0. The van der Waals surface area contributed by atoms with Crippen LogP contribution in [0.25, 0.3) is 0 Å².